The van der Waals surface area contributed by atoms with E-state index in [1.54, 1.807) is 11.1 Å². The van der Waals surface area contributed by atoms with Crippen molar-refractivity contribution in [3.8, 4) is 0 Å². The molecule has 22 heavy (non-hydrogen) atoms. The molecule has 4 bridgehead atoms. The van der Waals surface area contributed by atoms with Crippen molar-refractivity contribution in [3.05, 3.63) is 11.1 Å². The number of hydrogen-bond acceptors (Lipinski definition) is 1. The first-order chi connectivity index (χ1) is 10.7. The maximum atomic E-state index is 12.8. The van der Waals surface area contributed by atoms with Gasteiger partial charge in [0.2, 0.25) is 0 Å². The van der Waals surface area contributed by atoms with Crippen LogP contribution in [0, 0.1) is 17.8 Å². The maximum absolute atomic E-state index is 12.8. The highest BCUT2D eigenvalue weighted by molar-refractivity contribution is 5.75. The molecule has 0 aromatic heterocycles. The van der Waals surface area contributed by atoms with Gasteiger partial charge in [-0.05, 0) is 82.0 Å². The minimum atomic E-state index is 0.168. The summed E-state index contributed by atoms with van der Waals surface area (Å²) in [4.78, 5) is 14.9. The largest absolute Gasteiger partial charge is 0.333 e. The lowest BCUT2D eigenvalue weighted by Gasteiger charge is -2.57. The molecule has 5 aliphatic carbocycles. The highest BCUT2D eigenvalue weighted by atomic mass is 16.2. The molecule has 6 aliphatic rings. The van der Waals surface area contributed by atoms with Gasteiger partial charge in [-0.15, -0.1) is 0 Å². The van der Waals surface area contributed by atoms with Gasteiger partial charge in [0.25, 0.3) is 0 Å². The van der Waals surface area contributed by atoms with E-state index in [-0.39, 0.29) is 11.6 Å². The van der Waals surface area contributed by atoms with Gasteiger partial charge in [-0.1, -0.05) is 11.1 Å². The Morgan fingerprint density at radius 1 is 0.864 bits per heavy atom. The number of piperidine rings is 1. The fourth-order valence-corrected chi connectivity index (χ4v) is 6.32. The van der Waals surface area contributed by atoms with Gasteiger partial charge in [0, 0.05) is 18.6 Å². The first-order valence-electron chi connectivity index (χ1n) is 9.46. The Morgan fingerprint density at radius 2 is 1.36 bits per heavy atom. The van der Waals surface area contributed by atoms with Gasteiger partial charge in [0.05, 0.1) is 0 Å². The zero-order valence-corrected chi connectivity index (χ0v) is 13.6. The molecule has 1 aliphatic heterocycles. The lowest BCUT2D eigenvalue weighted by molar-refractivity contribution is -0.0157. The van der Waals surface area contributed by atoms with Crippen molar-refractivity contribution in [2.24, 2.45) is 17.8 Å². The van der Waals surface area contributed by atoms with E-state index >= 15 is 0 Å². The Kier molecular flexibility index (Phi) is 2.90. The third kappa shape index (κ3) is 2.28. The summed E-state index contributed by atoms with van der Waals surface area (Å²) in [5, 5.41) is 3.52. The summed E-state index contributed by atoms with van der Waals surface area (Å²) in [5.74, 6) is 2.71. The van der Waals surface area contributed by atoms with Gasteiger partial charge in [-0.3, -0.25) is 0 Å². The lowest BCUT2D eigenvalue weighted by atomic mass is 9.53. The van der Waals surface area contributed by atoms with Gasteiger partial charge in [0.1, 0.15) is 0 Å². The SMILES string of the molecule is O=C(NC12CC3CC(CC(C3)C1)C2)N1CCC(=C2CC2)CC1. The van der Waals surface area contributed by atoms with Crippen LogP contribution in [0.4, 0.5) is 4.79 Å². The fraction of sp³-hybridized carbons (Fsp3) is 0.842. The zero-order chi connectivity index (χ0) is 14.7. The number of carbonyl (C=O) groups excluding carboxylic acids is 1. The van der Waals surface area contributed by atoms with Crippen molar-refractivity contribution in [2.75, 3.05) is 13.1 Å². The number of urea groups is 1. The molecule has 1 N–H and O–H groups in total. The van der Waals surface area contributed by atoms with Gasteiger partial charge in [-0.2, -0.15) is 0 Å². The molecule has 120 valence electrons. The standard InChI is InChI=1S/C19H28N2O/c22-18(21-5-3-17(4-6-21)16-1-2-16)20-19-10-13-7-14(11-19)9-15(8-13)12-19/h13-15H,1-12H2,(H,20,22). The van der Waals surface area contributed by atoms with E-state index in [9.17, 15) is 4.79 Å². The number of amides is 2. The molecular formula is C19H28N2O. The van der Waals surface area contributed by atoms with Crippen LogP contribution in [0.15, 0.2) is 11.1 Å². The van der Waals surface area contributed by atoms with Crippen LogP contribution >= 0.6 is 0 Å². The predicted molar refractivity (Wildman–Crippen MR) is 86.5 cm³/mol. The topological polar surface area (TPSA) is 32.3 Å². The van der Waals surface area contributed by atoms with Crippen LogP contribution in [0.1, 0.15) is 64.2 Å². The van der Waals surface area contributed by atoms with Crippen LogP contribution in [0.2, 0.25) is 0 Å². The van der Waals surface area contributed by atoms with E-state index in [1.807, 2.05) is 0 Å². The Morgan fingerprint density at radius 3 is 1.86 bits per heavy atom. The maximum Gasteiger partial charge on any atom is 0.317 e. The monoisotopic (exact) mass is 300 g/mol. The van der Waals surface area contributed by atoms with E-state index in [0.717, 1.165) is 43.7 Å². The Bertz CT molecular complexity index is 484. The summed E-state index contributed by atoms with van der Waals surface area (Å²) in [5.41, 5.74) is 3.53. The quantitative estimate of drug-likeness (QED) is 0.733. The first-order valence-corrected chi connectivity index (χ1v) is 9.46. The summed E-state index contributed by atoms with van der Waals surface area (Å²) >= 11 is 0. The summed E-state index contributed by atoms with van der Waals surface area (Å²) < 4.78 is 0. The number of likely N-dealkylation sites (tertiary alicyclic amines) is 1. The van der Waals surface area contributed by atoms with Crippen LogP contribution in [0.25, 0.3) is 0 Å². The van der Waals surface area contributed by atoms with E-state index in [0.29, 0.717) is 0 Å². The lowest BCUT2D eigenvalue weighted by Crippen LogP contribution is -2.62. The molecule has 1 heterocycles. The van der Waals surface area contributed by atoms with E-state index in [1.165, 1.54) is 51.4 Å². The van der Waals surface area contributed by atoms with Gasteiger partial charge in [-0.25, -0.2) is 4.79 Å². The minimum absolute atomic E-state index is 0.168. The van der Waals surface area contributed by atoms with Crippen molar-refractivity contribution < 1.29 is 4.79 Å². The number of carbonyl (C=O) groups is 1. The molecule has 0 aromatic rings. The molecule has 0 radical (unpaired) electrons. The fourth-order valence-electron chi connectivity index (χ4n) is 6.32. The van der Waals surface area contributed by atoms with E-state index in [4.69, 9.17) is 0 Å². The highest BCUT2D eigenvalue weighted by Gasteiger charge is 2.51. The molecular weight excluding hydrogens is 272 g/mol. The molecule has 1 saturated heterocycles. The Labute approximate surface area is 133 Å². The summed E-state index contributed by atoms with van der Waals surface area (Å²) in [6, 6.07) is 0.238. The third-order valence-electron chi connectivity index (χ3n) is 7.06. The highest BCUT2D eigenvalue weighted by Crippen LogP contribution is 2.55. The van der Waals surface area contributed by atoms with Gasteiger partial charge < -0.3 is 10.2 Å². The van der Waals surface area contributed by atoms with Crippen LogP contribution in [0.5, 0.6) is 0 Å². The molecule has 0 spiro atoms. The van der Waals surface area contributed by atoms with E-state index < -0.39 is 0 Å². The molecule has 2 amide bonds. The molecule has 6 rings (SSSR count). The molecule has 0 unspecified atom stereocenters. The number of nitrogens with one attached hydrogen (secondary N) is 1. The second-order valence-electron chi connectivity index (χ2n) is 8.82. The van der Waals surface area contributed by atoms with Crippen molar-refractivity contribution in [3.63, 3.8) is 0 Å². The van der Waals surface area contributed by atoms with Crippen molar-refractivity contribution in [2.45, 2.75) is 69.7 Å². The number of rotatable bonds is 1. The van der Waals surface area contributed by atoms with Crippen molar-refractivity contribution in [1.82, 2.24) is 10.2 Å². The molecule has 3 nitrogen and oxygen atoms in total. The predicted octanol–water partition coefficient (Wildman–Crippen LogP) is 3.85. The number of hydrogen-bond donors (Lipinski definition) is 1. The molecule has 5 saturated carbocycles. The van der Waals surface area contributed by atoms with Gasteiger partial charge in [0.15, 0.2) is 0 Å². The van der Waals surface area contributed by atoms with Crippen LogP contribution < -0.4 is 5.32 Å². The smallest absolute Gasteiger partial charge is 0.317 e. The van der Waals surface area contributed by atoms with Crippen LogP contribution in [-0.4, -0.2) is 29.6 Å². The Balaban J connectivity index is 1.24. The average molecular weight is 300 g/mol. The summed E-state index contributed by atoms with van der Waals surface area (Å²) in [7, 11) is 0. The third-order valence-corrected chi connectivity index (χ3v) is 7.06. The van der Waals surface area contributed by atoms with Crippen molar-refractivity contribution in [1.29, 1.82) is 0 Å². The van der Waals surface area contributed by atoms with Crippen molar-refractivity contribution >= 4 is 6.03 Å². The molecule has 0 aromatic carbocycles. The van der Waals surface area contributed by atoms with Gasteiger partial charge >= 0.3 is 6.03 Å². The first kappa shape index (κ1) is 13.4. The zero-order valence-electron chi connectivity index (χ0n) is 13.6. The summed E-state index contributed by atoms with van der Waals surface area (Å²) in [6.45, 7) is 1.88. The number of allylic oxidation sites excluding steroid dienone is 1. The van der Waals surface area contributed by atoms with Crippen LogP contribution in [-0.2, 0) is 0 Å². The molecule has 6 fully saturated rings. The second kappa shape index (κ2) is 4.75. The molecule has 0 atom stereocenters. The second-order valence-corrected chi connectivity index (χ2v) is 8.82. The average Bonchev–Trinajstić information content (AvgIpc) is 3.30. The Hall–Kier alpha value is -0.990. The van der Waals surface area contributed by atoms with Crippen LogP contribution in [0.3, 0.4) is 0 Å². The van der Waals surface area contributed by atoms with E-state index in [2.05, 4.69) is 10.2 Å². The summed E-state index contributed by atoms with van der Waals surface area (Å²) in [6.07, 6.45) is 13.0. The minimum Gasteiger partial charge on any atom is -0.333 e. The molecule has 3 heteroatoms. The number of nitrogens with zero attached hydrogens (tertiary/aromatic N) is 1. The normalized spacial score (nSPS) is 42.7.